The lowest BCUT2D eigenvalue weighted by Crippen LogP contribution is -2.29. The first-order valence-corrected chi connectivity index (χ1v) is 10.2. The quantitative estimate of drug-likeness (QED) is 0.619. The van der Waals surface area contributed by atoms with E-state index in [1.165, 1.54) is 11.1 Å². The van der Waals surface area contributed by atoms with Gasteiger partial charge in [0.25, 0.3) is 0 Å². The minimum atomic E-state index is 0.0562. The number of aryl methyl sites for hydroxylation is 2. The minimum absolute atomic E-state index is 0.0562. The molecule has 2 atom stereocenters. The number of hydrogen-bond acceptors (Lipinski definition) is 2. The van der Waals surface area contributed by atoms with Crippen molar-refractivity contribution in [3.8, 4) is 0 Å². The lowest BCUT2D eigenvalue weighted by Gasteiger charge is -2.19. The second-order valence-corrected chi connectivity index (χ2v) is 7.76. The van der Waals surface area contributed by atoms with Crippen LogP contribution in [0.3, 0.4) is 0 Å². The Balaban J connectivity index is 1.96. The van der Waals surface area contributed by atoms with Crippen molar-refractivity contribution >= 4 is 21.8 Å². The van der Waals surface area contributed by atoms with Crippen molar-refractivity contribution in [3.63, 3.8) is 0 Å². The van der Waals surface area contributed by atoms with Crippen LogP contribution in [0.1, 0.15) is 74.5 Å². The molecule has 0 saturated heterocycles. The number of aromatic nitrogens is 2. The van der Waals surface area contributed by atoms with E-state index in [2.05, 4.69) is 71.4 Å². The molecule has 0 spiro atoms. The third-order valence-corrected chi connectivity index (χ3v) is 6.26. The molecule has 2 unspecified atom stereocenters. The molecule has 2 rings (SSSR count). The molecule has 142 valence electrons. The van der Waals surface area contributed by atoms with Gasteiger partial charge in [0, 0.05) is 12.1 Å². The van der Waals surface area contributed by atoms with E-state index >= 15 is 0 Å². The lowest BCUT2D eigenvalue weighted by molar-refractivity contribution is -0.122. The van der Waals surface area contributed by atoms with Gasteiger partial charge in [-0.1, -0.05) is 45.0 Å². The van der Waals surface area contributed by atoms with Gasteiger partial charge in [-0.15, -0.1) is 0 Å². The molecule has 0 aliphatic heterocycles. The molecule has 1 N–H and O–H groups in total. The van der Waals surface area contributed by atoms with Crippen LogP contribution in [0.2, 0.25) is 0 Å². The van der Waals surface area contributed by atoms with Gasteiger partial charge in [-0.05, 0) is 59.7 Å². The summed E-state index contributed by atoms with van der Waals surface area (Å²) < 4.78 is 2.91. The summed E-state index contributed by atoms with van der Waals surface area (Å²) in [7, 11) is 0. The summed E-state index contributed by atoms with van der Waals surface area (Å²) in [6.07, 6.45) is 2.44. The Morgan fingerprint density at radius 2 is 1.77 bits per heavy atom. The molecule has 5 heteroatoms. The highest BCUT2D eigenvalue weighted by Gasteiger charge is 2.15. The smallest absolute Gasteiger partial charge is 0.222 e. The van der Waals surface area contributed by atoms with Gasteiger partial charge in [-0.3, -0.25) is 9.48 Å². The second kappa shape index (κ2) is 9.36. The molecule has 0 aliphatic carbocycles. The zero-order valence-electron chi connectivity index (χ0n) is 16.5. The number of hydrogen-bond donors (Lipinski definition) is 1. The Labute approximate surface area is 165 Å². The SMILES string of the molecule is CCC(C)c1ccc(C(CC)NC(=O)CCn2nc(C)c(Br)c2C)cc1. The van der Waals surface area contributed by atoms with Gasteiger partial charge in [-0.2, -0.15) is 5.10 Å². The molecule has 1 aromatic heterocycles. The average molecular weight is 420 g/mol. The van der Waals surface area contributed by atoms with Crippen molar-refractivity contribution < 1.29 is 4.79 Å². The van der Waals surface area contributed by atoms with E-state index in [4.69, 9.17) is 0 Å². The van der Waals surface area contributed by atoms with Crippen LogP contribution in [0.4, 0.5) is 0 Å². The maximum absolute atomic E-state index is 12.4. The van der Waals surface area contributed by atoms with Gasteiger partial charge in [-0.25, -0.2) is 0 Å². The fraction of sp³-hybridized carbons (Fsp3) is 0.524. The molecule has 0 saturated carbocycles. The zero-order chi connectivity index (χ0) is 19.3. The van der Waals surface area contributed by atoms with Gasteiger partial charge in [0.05, 0.1) is 22.8 Å². The van der Waals surface area contributed by atoms with E-state index in [9.17, 15) is 4.79 Å². The van der Waals surface area contributed by atoms with Crippen LogP contribution in [-0.2, 0) is 11.3 Å². The molecule has 0 aliphatic rings. The van der Waals surface area contributed by atoms with Gasteiger partial charge in [0.2, 0.25) is 5.91 Å². The molecule has 26 heavy (non-hydrogen) atoms. The van der Waals surface area contributed by atoms with Crippen molar-refractivity contribution in [2.45, 2.75) is 72.4 Å². The van der Waals surface area contributed by atoms with Gasteiger partial charge in [0.15, 0.2) is 0 Å². The molecule has 0 fully saturated rings. The third-order valence-electron chi connectivity index (χ3n) is 5.11. The summed E-state index contributed by atoms with van der Waals surface area (Å²) >= 11 is 3.53. The predicted octanol–water partition coefficient (Wildman–Crippen LogP) is 5.43. The summed E-state index contributed by atoms with van der Waals surface area (Å²) in [4.78, 5) is 12.4. The fourth-order valence-electron chi connectivity index (χ4n) is 3.08. The Kier molecular flexibility index (Phi) is 7.44. The summed E-state index contributed by atoms with van der Waals surface area (Å²) in [6.45, 7) is 11.1. The Morgan fingerprint density at radius 3 is 2.27 bits per heavy atom. The second-order valence-electron chi connectivity index (χ2n) is 6.96. The van der Waals surface area contributed by atoms with Gasteiger partial charge < -0.3 is 5.32 Å². The monoisotopic (exact) mass is 419 g/mol. The number of nitrogens with zero attached hydrogens (tertiary/aromatic N) is 2. The highest BCUT2D eigenvalue weighted by atomic mass is 79.9. The number of rotatable bonds is 8. The number of amides is 1. The van der Waals surface area contributed by atoms with Crippen LogP contribution in [0.5, 0.6) is 0 Å². The van der Waals surface area contributed by atoms with Gasteiger partial charge >= 0.3 is 0 Å². The first kappa shape index (κ1) is 20.7. The van der Waals surface area contributed by atoms with Gasteiger partial charge in [0.1, 0.15) is 0 Å². The number of nitrogens with one attached hydrogen (secondary N) is 1. The molecule has 0 radical (unpaired) electrons. The highest BCUT2D eigenvalue weighted by molar-refractivity contribution is 9.10. The lowest BCUT2D eigenvalue weighted by atomic mass is 9.95. The molecular formula is C21H30BrN3O. The minimum Gasteiger partial charge on any atom is -0.349 e. The van der Waals surface area contributed by atoms with E-state index in [0.29, 0.717) is 18.9 Å². The van der Waals surface area contributed by atoms with Crippen LogP contribution < -0.4 is 5.32 Å². The van der Waals surface area contributed by atoms with Crippen molar-refractivity contribution in [1.29, 1.82) is 0 Å². The summed E-state index contributed by atoms with van der Waals surface area (Å²) in [5.74, 6) is 0.630. The maximum Gasteiger partial charge on any atom is 0.222 e. The van der Waals surface area contributed by atoms with Crippen LogP contribution in [0.25, 0.3) is 0 Å². The molecule has 0 bridgehead atoms. The Hall–Kier alpha value is -1.62. The average Bonchev–Trinajstić information content (AvgIpc) is 2.90. The third kappa shape index (κ3) is 4.97. The van der Waals surface area contributed by atoms with Crippen molar-refractivity contribution in [2.24, 2.45) is 0 Å². The van der Waals surface area contributed by atoms with E-state index in [0.717, 1.165) is 28.7 Å². The molecular weight excluding hydrogens is 390 g/mol. The fourth-order valence-corrected chi connectivity index (χ4v) is 3.36. The van der Waals surface area contributed by atoms with E-state index in [1.807, 2.05) is 18.5 Å². The van der Waals surface area contributed by atoms with E-state index in [1.54, 1.807) is 0 Å². The Bertz CT molecular complexity index is 736. The molecule has 1 aromatic carbocycles. The normalized spacial score (nSPS) is 13.5. The summed E-state index contributed by atoms with van der Waals surface area (Å²) in [5, 5.41) is 7.63. The van der Waals surface area contributed by atoms with Crippen molar-refractivity contribution in [3.05, 3.63) is 51.3 Å². The topological polar surface area (TPSA) is 46.9 Å². The Morgan fingerprint density at radius 1 is 1.15 bits per heavy atom. The first-order chi connectivity index (χ1) is 12.4. The highest BCUT2D eigenvalue weighted by Crippen LogP contribution is 2.23. The number of carbonyl (C=O) groups excluding carboxylic acids is 1. The van der Waals surface area contributed by atoms with Crippen LogP contribution in [-0.4, -0.2) is 15.7 Å². The van der Waals surface area contributed by atoms with E-state index < -0.39 is 0 Å². The zero-order valence-corrected chi connectivity index (χ0v) is 18.1. The van der Waals surface area contributed by atoms with E-state index in [-0.39, 0.29) is 11.9 Å². The number of benzene rings is 1. The molecule has 2 aromatic rings. The van der Waals surface area contributed by atoms with Crippen LogP contribution >= 0.6 is 15.9 Å². The van der Waals surface area contributed by atoms with Crippen molar-refractivity contribution in [1.82, 2.24) is 15.1 Å². The number of carbonyl (C=O) groups is 1. The molecule has 1 heterocycles. The molecule has 1 amide bonds. The van der Waals surface area contributed by atoms with Crippen LogP contribution in [0, 0.1) is 13.8 Å². The van der Waals surface area contributed by atoms with Crippen molar-refractivity contribution in [2.75, 3.05) is 0 Å². The maximum atomic E-state index is 12.4. The summed E-state index contributed by atoms with van der Waals surface area (Å²) in [6, 6.07) is 8.72. The largest absolute Gasteiger partial charge is 0.349 e. The first-order valence-electron chi connectivity index (χ1n) is 9.46. The summed E-state index contributed by atoms with van der Waals surface area (Å²) in [5.41, 5.74) is 4.54. The molecule has 4 nitrogen and oxygen atoms in total. The number of halogens is 1. The predicted molar refractivity (Wildman–Crippen MR) is 110 cm³/mol. The van der Waals surface area contributed by atoms with Crippen LogP contribution in [0.15, 0.2) is 28.7 Å². The standard InChI is InChI=1S/C21H30BrN3O/c1-6-14(3)17-8-10-18(11-9-17)19(7-2)23-20(26)12-13-25-16(5)21(22)15(4)24-25/h8-11,14,19H,6-7,12-13H2,1-5H3,(H,23,26).